The number of piperidine rings is 1. The molecule has 3 aromatic rings. The molecule has 0 saturated carbocycles. The van der Waals surface area contributed by atoms with Gasteiger partial charge in [0, 0.05) is 38.0 Å². The molecule has 1 fully saturated rings. The number of benzene rings is 1. The molecule has 1 unspecified atom stereocenters. The molecule has 9 nitrogen and oxygen atoms in total. The summed E-state index contributed by atoms with van der Waals surface area (Å²) in [6.45, 7) is 1.33. The van der Waals surface area contributed by atoms with E-state index in [1.807, 2.05) is 4.90 Å². The normalized spacial score (nSPS) is 16.3. The second-order valence-corrected chi connectivity index (χ2v) is 7.13. The Morgan fingerprint density at radius 2 is 2.17 bits per heavy atom. The second kappa shape index (κ2) is 8.89. The van der Waals surface area contributed by atoms with Gasteiger partial charge >= 0.3 is 0 Å². The number of likely N-dealkylation sites (tertiary alicyclic amines) is 1. The van der Waals surface area contributed by atoms with Crippen molar-refractivity contribution in [3.05, 3.63) is 48.2 Å². The van der Waals surface area contributed by atoms with Gasteiger partial charge in [-0.1, -0.05) is 5.16 Å². The Hall–Kier alpha value is -3.49. The highest BCUT2D eigenvalue weighted by Gasteiger charge is 2.28. The fraction of sp³-hybridized carbons (Fsp3) is 0.381. The van der Waals surface area contributed by atoms with Crippen molar-refractivity contribution in [3.8, 4) is 23.0 Å². The Balaban J connectivity index is 1.44. The van der Waals surface area contributed by atoms with E-state index in [-0.39, 0.29) is 11.8 Å². The van der Waals surface area contributed by atoms with Crippen LogP contribution in [0.4, 0.5) is 0 Å². The average molecular weight is 409 g/mol. The van der Waals surface area contributed by atoms with Crippen molar-refractivity contribution in [1.82, 2.24) is 25.0 Å². The molecule has 156 valence electrons. The molecule has 9 heteroatoms. The number of amides is 1. The molecule has 0 N–H and O–H groups in total. The van der Waals surface area contributed by atoms with Crippen LogP contribution in [0, 0.1) is 5.92 Å². The maximum absolute atomic E-state index is 13.1. The number of carbonyl (C=O) groups excluding carboxylic acids is 1. The number of nitrogens with zero attached hydrogens (tertiary/aromatic N) is 5. The average Bonchev–Trinajstić information content (AvgIpc) is 3.27. The molecule has 0 aliphatic carbocycles. The number of rotatable bonds is 6. The molecule has 1 aliphatic heterocycles. The van der Waals surface area contributed by atoms with E-state index in [0.29, 0.717) is 54.0 Å². The van der Waals surface area contributed by atoms with E-state index in [9.17, 15) is 4.79 Å². The third-order valence-electron chi connectivity index (χ3n) is 5.17. The second-order valence-electron chi connectivity index (χ2n) is 7.13. The Kier molecular flexibility index (Phi) is 5.87. The highest BCUT2D eigenvalue weighted by atomic mass is 16.5. The molecule has 1 atom stereocenters. The molecule has 1 amide bonds. The summed E-state index contributed by atoms with van der Waals surface area (Å²) in [6.07, 6.45) is 7.29. The molecule has 1 aliphatic rings. The van der Waals surface area contributed by atoms with Crippen LogP contribution < -0.4 is 9.47 Å². The third kappa shape index (κ3) is 4.24. The zero-order chi connectivity index (χ0) is 20.9. The van der Waals surface area contributed by atoms with Gasteiger partial charge in [0.15, 0.2) is 0 Å². The molecular weight excluding hydrogens is 386 g/mol. The first-order valence-electron chi connectivity index (χ1n) is 9.78. The standard InChI is InChI=1S/C21H23N5O4/c1-28-15-5-6-16(18(11-15)29-2)21(27)26-9-3-4-14(13-26)10-19-24-20(25-30-19)17-12-22-7-8-23-17/h5-8,11-12,14H,3-4,9-10,13H2,1-2H3. The Morgan fingerprint density at radius 1 is 1.27 bits per heavy atom. The van der Waals surface area contributed by atoms with E-state index in [1.165, 1.54) is 0 Å². The summed E-state index contributed by atoms with van der Waals surface area (Å²) in [5.41, 5.74) is 1.10. The van der Waals surface area contributed by atoms with E-state index in [1.54, 1.807) is 51.0 Å². The van der Waals surface area contributed by atoms with Gasteiger partial charge in [-0.3, -0.25) is 9.78 Å². The maximum atomic E-state index is 13.1. The molecule has 1 aromatic carbocycles. The highest BCUT2D eigenvalue weighted by molar-refractivity contribution is 5.97. The van der Waals surface area contributed by atoms with E-state index < -0.39 is 0 Å². The van der Waals surface area contributed by atoms with Gasteiger partial charge in [-0.2, -0.15) is 4.98 Å². The summed E-state index contributed by atoms with van der Waals surface area (Å²) < 4.78 is 16.0. The fourth-order valence-electron chi connectivity index (χ4n) is 3.67. The summed E-state index contributed by atoms with van der Waals surface area (Å²) in [4.78, 5) is 27.6. The first-order valence-corrected chi connectivity index (χ1v) is 9.78. The Labute approximate surface area is 174 Å². The van der Waals surface area contributed by atoms with E-state index in [0.717, 1.165) is 12.8 Å². The first-order chi connectivity index (χ1) is 14.7. The molecule has 3 heterocycles. The van der Waals surface area contributed by atoms with Crippen molar-refractivity contribution < 1.29 is 18.8 Å². The largest absolute Gasteiger partial charge is 0.497 e. The predicted octanol–water partition coefficient (Wildman–Crippen LogP) is 2.64. The van der Waals surface area contributed by atoms with Gasteiger partial charge in [-0.25, -0.2) is 4.98 Å². The number of hydrogen-bond donors (Lipinski definition) is 0. The van der Waals surface area contributed by atoms with Crippen molar-refractivity contribution in [3.63, 3.8) is 0 Å². The van der Waals surface area contributed by atoms with Crippen LogP contribution in [-0.2, 0) is 6.42 Å². The van der Waals surface area contributed by atoms with Crippen LogP contribution in [0.5, 0.6) is 11.5 Å². The van der Waals surface area contributed by atoms with Crippen LogP contribution in [0.3, 0.4) is 0 Å². The van der Waals surface area contributed by atoms with Gasteiger partial charge < -0.3 is 18.9 Å². The lowest BCUT2D eigenvalue weighted by atomic mass is 9.94. The number of methoxy groups -OCH3 is 2. The van der Waals surface area contributed by atoms with Crippen molar-refractivity contribution in [1.29, 1.82) is 0 Å². The van der Waals surface area contributed by atoms with Crippen LogP contribution in [0.2, 0.25) is 0 Å². The minimum absolute atomic E-state index is 0.0509. The molecule has 30 heavy (non-hydrogen) atoms. The number of ether oxygens (including phenoxy) is 2. The lowest BCUT2D eigenvalue weighted by Crippen LogP contribution is -2.40. The van der Waals surface area contributed by atoms with Crippen molar-refractivity contribution >= 4 is 5.91 Å². The maximum Gasteiger partial charge on any atom is 0.257 e. The van der Waals surface area contributed by atoms with Crippen molar-refractivity contribution in [2.24, 2.45) is 5.92 Å². The van der Waals surface area contributed by atoms with Gasteiger partial charge in [-0.15, -0.1) is 0 Å². The van der Waals surface area contributed by atoms with Crippen LogP contribution >= 0.6 is 0 Å². The van der Waals surface area contributed by atoms with Gasteiger partial charge in [0.1, 0.15) is 17.2 Å². The number of aromatic nitrogens is 4. The minimum atomic E-state index is -0.0509. The van der Waals surface area contributed by atoms with Gasteiger partial charge in [0.2, 0.25) is 11.7 Å². The lowest BCUT2D eigenvalue weighted by Gasteiger charge is -2.32. The van der Waals surface area contributed by atoms with Crippen molar-refractivity contribution in [2.45, 2.75) is 19.3 Å². The summed E-state index contributed by atoms with van der Waals surface area (Å²) in [7, 11) is 3.13. The SMILES string of the molecule is COc1ccc(C(=O)N2CCCC(Cc3nc(-c4cnccn4)no3)C2)c(OC)c1. The van der Waals surface area contributed by atoms with E-state index in [2.05, 4.69) is 20.1 Å². The van der Waals surface area contributed by atoms with Crippen LogP contribution in [0.25, 0.3) is 11.5 Å². The van der Waals surface area contributed by atoms with Crippen LogP contribution in [-0.4, -0.2) is 58.2 Å². The zero-order valence-corrected chi connectivity index (χ0v) is 16.9. The molecular formula is C21H23N5O4. The van der Waals surface area contributed by atoms with Gasteiger partial charge in [0.25, 0.3) is 5.91 Å². The summed E-state index contributed by atoms with van der Waals surface area (Å²) in [5.74, 6) is 2.30. The molecule has 0 spiro atoms. The van der Waals surface area contributed by atoms with Crippen LogP contribution in [0.1, 0.15) is 29.1 Å². The minimum Gasteiger partial charge on any atom is -0.497 e. The number of hydrogen-bond acceptors (Lipinski definition) is 8. The lowest BCUT2D eigenvalue weighted by molar-refractivity contribution is 0.0664. The Bertz CT molecular complexity index is 1010. The number of carbonyl (C=O) groups is 1. The zero-order valence-electron chi connectivity index (χ0n) is 16.9. The topological polar surface area (TPSA) is 103 Å². The van der Waals surface area contributed by atoms with E-state index in [4.69, 9.17) is 14.0 Å². The molecule has 0 radical (unpaired) electrons. The molecule has 4 rings (SSSR count). The Morgan fingerprint density at radius 3 is 2.93 bits per heavy atom. The van der Waals surface area contributed by atoms with Crippen LogP contribution in [0.15, 0.2) is 41.3 Å². The molecule has 0 bridgehead atoms. The van der Waals surface area contributed by atoms with Gasteiger partial charge in [-0.05, 0) is 30.9 Å². The monoisotopic (exact) mass is 409 g/mol. The fourth-order valence-corrected chi connectivity index (χ4v) is 3.67. The predicted molar refractivity (Wildman–Crippen MR) is 107 cm³/mol. The summed E-state index contributed by atoms with van der Waals surface area (Å²) in [6, 6.07) is 5.24. The quantitative estimate of drug-likeness (QED) is 0.612. The highest BCUT2D eigenvalue weighted by Crippen LogP contribution is 2.28. The van der Waals surface area contributed by atoms with E-state index >= 15 is 0 Å². The molecule has 2 aromatic heterocycles. The third-order valence-corrected chi connectivity index (χ3v) is 5.17. The molecule has 1 saturated heterocycles. The van der Waals surface area contributed by atoms with Crippen molar-refractivity contribution in [2.75, 3.05) is 27.3 Å². The smallest absolute Gasteiger partial charge is 0.257 e. The summed E-state index contributed by atoms with van der Waals surface area (Å²) >= 11 is 0. The first kappa shape index (κ1) is 19.8. The van der Waals surface area contributed by atoms with Gasteiger partial charge in [0.05, 0.1) is 26.0 Å². The summed E-state index contributed by atoms with van der Waals surface area (Å²) in [5, 5.41) is 4.00.